The van der Waals surface area contributed by atoms with Gasteiger partial charge in [0.2, 0.25) is 0 Å². The van der Waals surface area contributed by atoms with Crippen molar-refractivity contribution >= 4 is 37.1 Å². The van der Waals surface area contributed by atoms with Gasteiger partial charge in [-0.25, -0.2) is 0 Å². The first kappa shape index (κ1) is 32.2. The smallest absolute Gasteiger partial charge is 0.129 e. The summed E-state index contributed by atoms with van der Waals surface area (Å²) in [5.74, 6) is 11.1. The molecule has 1 aliphatic rings. The van der Waals surface area contributed by atoms with E-state index >= 15 is 0 Å². The van der Waals surface area contributed by atoms with Crippen molar-refractivity contribution < 1.29 is 10.2 Å². The first-order valence-electron chi connectivity index (χ1n) is 12.9. The fourth-order valence-corrected chi connectivity index (χ4v) is 7.24. The van der Waals surface area contributed by atoms with Gasteiger partial charge in [-0.15, -0.1) is 22.2 Å². The molecule has 39 heavy (non-hydrogen) atoms. The highest BCUT2D eigenvalue weighted by Crippen LogP contribution is 2.45. The number of phenolic OH excluding ortho intramolecular Hbond substituents is 2. The Kier molecular flexibility index (Phi) is 12.3. The third kappa shape index (κ3) is 8.22. The summed E-state index contributed by atoms with van der Waals surface area (Å²) in [6.45, 7) is 10.6. The molecule has 0 bridgehead atoms. The normalized spacial score (nSPS) is 15.5. The van der Waals surface area contributed by atoms with Crippen LogP contribution in [0.4, 0.5) is 0 Å². The number of aryl methyl sites for hydroxylation is 1. The number of halogens is 1. The quantitative estimate of drug-likeness (QED) is 0.158. The number of para-hydroxylation sites is 1. The zero-order valence-electron chi connectivity index (χ0n) is 23.4. The molecule has 0 aromatic heterocycles. The number of aromatic hydroxyl groups is 2. The number of terminal acetylenes is 1. The highest BCUT2D eigenvalue weighted by atomic mass is 79.9. The number of piperidine rings is 1. The van der Waals surface area contributed by atoms with Gasteiger partial charge < -0.3 is 20.4 Å². The van der Waals surface area contributed by atoms with Crippen LogP contribution in [0.1, 0.15) is 30.9 Å². The van der Waals surface area contributed by atoms with Crippen molar-refractivity contribution in [3.63, 3.8) is 0 Å². The van der Waals surface area contributed by atoms with Crippen LogP contribution in [-0.2, 0) is 6.42 Å². The monoisotopic (exact) mass is 611 g/mol. The third-order valence-corrected chi connectivity index (χ3v) is 10.6. The summed E-state index contributed by atoms with van der Waals surface area (Å²) in [7, 11) is 0.272. The van der Waals surface area contributed by atoms with Crippen molar-refractivity contribution in [2.75, 3.05) is 26.7 Å². The van der Waals surface area contributed by atoms with Gasteiger partial charge in [0.1, 0.15) is 17.3 Å². The highest BCUT2D eigenvalue weighted by molar-refractivity contribution is 9.11. The van der Waals surface area contributed by atoms with Crippen molar-refractivity contribution in [2.24, 2.45) is 5.92 Å². The molecule has 7 heteroatoms. The predicted octanol–water partition coefficient (Wildman–Crippen LogP) is 6.73. The van der Waals surface area contributed by atoms with E-state index in [9.17, 15) is 10.2 Å². The summed E-state index contributed by atoms with van der Waals surface area (Å²) in [5.41, 5.74) is 2.97. The second kappa shape index (κ2) is 14.9. The van der Waals surface area contributed by atoms with Crippen LogP contribution in [0.3, 0.4) is 0 Å². The maximum atomic E-state index is 10.5. The molecule has 0 radical (unpaired) electrons. The molecule has 1 saturated heterocycles. The SMILES string of the molecule is C#C.C=C/C(Br)=C(/C)N(C)/C(=C\Cc1ccccc1O)NCC1CCN(S(=C)(=C)c2c(C)cccc2O)CC1. The van der Waals surface area contributed by atoms with Gasteiger partial charge in [-0.05, 0) is 84.3 Å². The van der Waals surface area contributed by atoms with Gasteiger partial charge in [-0.1, -0.05) is 54.7 Å². The summed E-state index contributed by atoms with van der Waals surface area (Å²) in [5, 5.41) is 24.4. The topological polar surface area (TPSA) is 59.0 Å². The molecule has 2 aromatic carbocycles. The molecule has 1 heterocycles. The van der Waals surface area contributed by atoms with Crippen LogP contribution in [0.15, 0.2) is 82.1 Å². The second-order valence-electron chi connectivity index (χ2n) is 9.64. The largest absolute Gasteiger partial charge is 0.508 e. The maximum Gasteiger partial charge on any atom is 0.129 e. The van der Waals surface area contributed by atoms with Crippen LogP contribution in [-0.4, -0.2) is 57.8 Å². The Morgan fingerprint density at radius 2 is 1.74 bits per heavy atom. The first-order chi connectivity index (χ1) is 18.6. The van der Waals surface area contributed by atoms with E-state index in [1.54, 1.807) is 18.2 Å². The number of hydrogen-bond donors (Lipinski definition) is 3. The van der Waals surface area contributed by atoms with Gasteiger partial charge in [-0.2, -0.15) is 0 Å². The lowest BCUT2D eigenvalue weighted by atomic mass is 9.98. The maximum absolute atomic E-state index is 10.5. The first-order valence-corrected chi connectivity index (χ1v) is 15.6. The molecule has 2 aromatic rings. The zero-order valence-corrected chi connectivity index (χ0v) is 25.8. The Hall–Kier alpha value is -3.05. The summed E-state index contributed by atoms with van der Waals surface area (Å²) in [6, 6.07) is 13.1. The zero-order chi connectivity index (χ0) is 29.2. The molecular formula is C32H42BrN3O2S. The van der Waals surface area contributed by atoms with Crippen molar-refractivity contribution in [3.8, 4) is 24.3 Å². The molecule has 0 saturated carbocycles. The number of allylic oxidation sites excluding steroid dienone is 4. The number of rotatable bonds is 10. The standard InChI is InChI=1S/C30H40BrN3O2S.C2H2/c1-7-26(31)23(3)33(4)29(16-15-25-12-8-9-13-27(25)35)32-21-24-17-19-34(20-18-24)37(5,6)30-22(2)11-10-14-28(30)36;1-2/h7-14,16,24,32,35-36H,1,5-6,15,17-21H2,2-4H3;1-2H/b26-23+,29-16-;. The molecule has 0 amide bonds. The lowest BCUT2D eigenvalue weighted by Gasteiger charge is -2.38. The van der Waals surface area contributed by atoms with Crippen LogP contribution in [0.25, 0.3) is 0 Å². The molecule has 210 valence electrons. The number of benzene rings is 2. The van der Waals surface area contributed by atoms with E-state index in [4.69, 9.17) is 0 Å². The Morgan fingerprint density at radius 3 is 2.33 bits per heavy atom. The number of nitrogens with zero attached hydrogens (tertiary/aromatic N) is 2. The summed E-state index contributed by atoms with van der Waals surface area (Å²) in [6.07, 6.45) is 14.6. The van der Waals surface area contributed by atoms with E-state index in [1.807, 2.05) is 51.2 Å². The number of hydrogen-bond acceptors (Lipinski definition) is 5. The van der Waals surface area contributed by atoms with Crippen LogP contribution < -0.4 is 5.32 Å². The Balaban J connectivity index is 0.00000260. The average molecular weight is 613 g/mol. The Labute approximate surface area is 244 Å². The molecule has 0 aliphatic carbocycles. The number of phenols is 2. The van der Waals surface area contributed by atoms with E-state index in [0.717, 1.165) is 64.5 Å². The van der Waals surface area contributed by atoms with Gasteiger partial charge in [0.25, 0.3) is 0 Å². The minimum Gasteiger partial charge on any atom is -0.508 e. The molecular weight excluding hydrogens is 570 g/mol. The van der Waals surface area contributed by atoms with Gasteiger partial charge in [0.15, 0.2) is 0 Å². The molecule has 0 spiro atoms. The molecule has 3 N–H and O–H groups in total. The van der Waals surface area contributed by atoms with Gasteiger partial charge in [0.05, 0.1) is 4.90 Å². The lowest BCUT2D eigenvalue weighted by Crippen LogP contribution is -2.37. The van der Waals surface area contributed by atoms with E-state index in [0.29, 0.717) is 23.8 Å². The molecule has 5 nitrogen and oxygen atoms in total. The molecule has 1 fully saturated rings. The van der Waals surface area contributed by atoms with E-state index in [-0.39, 0.29) is 0 Å². The fourth-order valence-electron chi connectivity index (χ4n) is 4.68. The van der Waals surface area contributed by atoms with Crippen molar-refractivity contribution in [1.29, 1.82) is 0 Å². The molecule has 0 atom stereocenters. The Bertz CT molecular complexity index is 1300. The van der Waals surface area contributed by atoms with Crippen LogP contribution in [0, 0.1) is 25.7 Å². The minimum absolute atomic E-state index is 0.292. The van der Waals surface area contributed by atoms with Crippen LogP contribution in [0.5, 0.6) is 11.5 Å². The summed E-state index contributed by atoms with van der Waals surface area (Å²) >= 11 is 3.59. The highest BCUT2D eigenvalue weighted by Gasteiger charge is 2.25. The average Bonchev–Trinajstić information content (AvgIpc) is 2.93. The van der Waals surface area contributed by atoms with E-state index in [2.05, 4.69) is 67.7 Å². The Morgan fingerprint density at radius 1 is 1.13 bits per heavy atom. The number of nitrogens with one attached hydrogen (secondary N) is 1. The van der Waals surface area contributed by atoms with Gasteiger partial charge in [0, 0.05) is 36.9 Å². The summed E-state index contributed by atoms with van der Waals surface area (Å²) in [4.78, 5) is 3.00. The predicted molar refractivity (Wildman–Crippen MR) is 175 cm³/mol. The molecule has 0 unspecified atom stereocenters. The fraction of sp³-hybridized carbons (Fsp3) is 0.312. The van der Waals surface area contributed by atoms with E-state index < -0.39 is 9.39 Å². The minimum atomic E-state index is -1.76. The van der Waals surface area contributed by atoms with Crippen LogP contribution in [0.2, 0.25) is 0 Å². The lowest BCUT2D eigenvalue weighted by molar-refractivity contribution is 0.280. The van der Waals surface area contributed by atoms with Crippen molar-refractivity contribution in [2.45, 2.75) is 38.0 Å². The van der Waals surface area contributed by atoms with Crippen molar-refractivity contribution in [3.05, 3.63) is 88.3 Å². The van der Waals surface area contributed by atoms with Crippen molar-refractivity contribution in [1.82, 2.24) is 14.5 Å². The second-order valence-corrected chi connectivity index (χ2v) is 13.1. The molecule has 1 aliphatic heterocycles. The van der Waals surface area contributed by atoms with E-state index in [1.165, 1.54) is 0 Å². The van der Waals surface area contributed by atoms with Gasteiger partial charge >= 0.3 is 0 Å². The van der Waals surface area contributed by atoms with Gasteiger partial charge in [-0.3, -0.25) is 4.31 Å². The molecule has 3 rings (SSSR count). The summed E-state index contributed by atoms with van der Waals surface area (Å²) < 4.78 is 3.30. The van der Waals surface area contributed by atoms with Crippen LogP contribution >= 0.6 is 25.3 Å². The third-order valence-electron chi connectivity index (χ3n) is 7.11.